The monoisotopic (exact) mass is 726 g/mol. The largest absolute Gasteiger partial charge is 0.436 e. The zero-order valence-corrected chi connectivity index (χ0v) is 30.6. The molecular weight excluding hydrogens is 697 g/mol. The van der Waals surface area contributed by atoms with Gasteiger partial charge in [0.2, 0.25) is 5.89 Å². The van der Waals surface area contributed by atoms with E-state index in [1.165, 1.54) is 68.3 Å². The molecule has 0 amide bonds. The predicted octanol–water partition coefficient (Wildman–Crippen LogP) is 15.0. The van der Waals surface area contributed by atoms with Crippen LogP contribution in [-0.2, 0) is 0 Å². The molecule has 0 aliphatic heterocycles. The molecule has 0 aliphatic rings. The topological polar surface area (TPSA) is 29.3 Å². The Kier molecular flexibility index (Phi) is 7.22. The molecule has 5 heteroatoms. The Hall–Kier alpha value is -6.53. The summed E-state index contributed by atoms with van der Waals surface area (Å²) < 4.78 is 11.3. The van der Waals surface area contributed by atoms with Crippen molar-refractivity contribution < 1.29 is 4.42 Å². The van der Waals surface area contributed by atoms with Gasteiger partial charge in [0.25, 0.3) is 0 Å². The van der Waals surface area contributed by atoms with Crippen LogP contribution in [0.2, 0.25) is 0 Å². The van der Waals surface area contributed by atoms with Crippen LogP contribution in [0.3, 0.4) is 0 Å². The van der Waals surface area contributed by atoms with Crippen LogP contribution in [-0.4, -0.2) is 4.98 Å². The van der Waals surface area contributed by atoms with Gasteiger partial charge in [-0.15, -0.1) is 22.7 Å². The van der Waals surface area contributed by atoms with Crippen molar-refractivity contribution in [2.24, 2.45) is 0 Å². The average molecular weight is 727 g/mol. The van der Waals surface area contributed by atoms with Gasteiger partial charge in [0.1, 0.15) is 5.52 Å². The molecule has 0 bridgehead atoms. The van der Waals surface area contributed by atoms with E-state index < -0.39 is 0 Å². The summed E-state index contributed by atoms with van der Waals surface area (Å²) >= 11 is 3.66. The third-order valence-corrected chi connectivity index (χ3v) is 12.7. The van der Waals surface area contributed by atoms with E-state index in [-0.39, 0.29) is 0 Å². The molecule has 0 saturated heterocycles. The normalized spacial score (nSPS) is 11.7. The van der Waals surface area contributed by atoms with Crippen LogP contribution in [0.5, 0.6) is 0 Å². The third kappa shape index (κ3) is 5.12. The summed E-state index contributed by atoms with van der Waals surface area (Å²) in [7, 11) is 0. The van der Waals surface area contributed by atoms with E-state index >= 15 is 0 Å². The molecule has 0 N–H and O–H groups in total. The zero-order chi connectivity index (χ0) is 35.6. The van der Waals surface area contributed by atoms with Gasteiger partial charge in [-0.25, -0.2) is 4.98 Å². The molecule has 8 aromatic carbocycles. The van der Waals surface area contributed by atoms with Crippen molar-refractivity contribution in [1.29, 1.82) is 0 Å². The lowest BCUT2D eigenvalue weighted by molar-refractivity contribution is 0.620. The van der Waals surface area contributed by atoms with Gasteiger partial charge in [0.15, 0.2) is 5.58 Å². The van der Waals surface area contributed by atoms with Gasteiger partial charge >= 0.3 is 0 Å². The number of nitrogens with zero attached hydrogens (tertiary/aromatic N) is 2. The van der Waals surface area contributed by atoms with Gasteiger partial charge in [0.05, 0.1) is 5.69 Å². The fraction of sp³-hybridized carbons (Fsp3) is 0. The first-order valence-electron chi connectivity index (χ1n) is 18.0. The first-order chi connectivity index (χ1) is 26.7. The summed E-state index contributed by atoms with van der Waals surface area (Å²) in [5.41, 5.74) is 10.9. The maximum absolute atomic E-state index is 6.25. The van der Waals surface area contributed by atoms with Crippen LogP contribution in [0.15, 0.2) is 186 Å². The summed E-state index contributed by atoms with van der Waals surface area (Å²) in [6.07, 6.45) is 0. The number of hydrogen-bond acceptors (Lipinski definition) is 5. The number of anilines is 3. The summed E-state index contributed by atoms with van der Waals surface area (Å²) in [5, 5.41) is 5.00. The number of aromatic nitrogens is 1. The standard InChI is InChI=1S/C49H30N2OS2/c1-3-11-31(12-4-1)32-21-25-35(26-22-32)51(42-18-10-20-45-47(42)39-15-7-8-19-44(39)53-45)36-27-23-33(24-28-36)37-16-9-17-38-40-29-41-43(30-46(40)54-48(37)38)52-49(50-41)34-13-5-2-6-14-34/h1-30H. The van der Waals surface area contributed by atoms with Gasteiger partial charge < -0.3 is 9.32 Å². The van der Waals surface area contributed by atoms with Gasteiger partial charge in [-0.3, -0.25) is 0 Å². The number of benzene rings is 8. The van der Waals surface area contributed by atoms with Crippen molar-refractivity contribution in [1.82, 2.24) is 4.98 Å². The molecule has 0 spiro atoms. The molecule has 54 heavy (non-hydrogen) atoms. The number of thiophene rings is 2. The number of fused-ring (bicyclic) bond motifs is 7. The molecule has 0 fully saturated rings. The minimum atomic E-state index is 0.651. The SMILES string of the molecule is c1ccc(-c2ccc(N(c3ccc(-c4cccc5c4sc4cc6oc(-c7ccccc7)nc6cc45)cc3)c3cccc4sc5ccccc5c34)cc2)cc1. The van der Waals surface area contributed by atoms with E-state index in [1.807, 2.05) is 53.0 Å². The molecule has 254 valence electrons. The highest BCUT2D eigenvalue weighted by Gasteiger charge is 2.20. The highest BCUT2D eigenvalue weighted by molar-refractivity contribution is 7.26. The lowest BCUT2D eigenvalue weighted by Gasteiger charge is -2.27. The van der Waals surface area contributed by atoms with E-state index in [0.717, 1.165) is 28.0 Å². The number of hydrogen-bond donors (Lipinski definition) is 0. The summed E-state index contributed by atoms with van der Waals surface area (Å²) in [5.74, 6) is 0.651. The summed E-state index contributed by atoms with van der Waals surface area (Å²) in [6.45, 7) is 0. The van der Waals surface area contributed by atoms with E-state index in [1.54, 1.807) is 0 Å². The fourth-order valence-corrected chi connectivity index (χ4v) is 10.1. The molecule has 3 heterocycles. The molecule has 11 rings (SSSR count). The first-order valence-corrected chi connectivity index (χ1v) is 19.7. The molecule has 0 atom stereocenters. The van der Waals surface area contributed by atoms with Gasteiger partial charge in [-0.1, -0.05) is 115 Å². The van der Waals surface area contributed by atoms with Crippen molar-refractivity contribution in [2.45, 2.75) is 0 Å². The second-order valence-corrected chi connectivity index (χ2v) is 15.7. The van der Waals surface area contributed by atoms with E-state index in [4.69, 9.17) is 9.40 Å². The van der Waals surface area contributed by atoms with Crippen LogP contribution in [0.1, 0.15) is 0 Å². The third-order valence-electron chi connectivity index (χ3n) is 10.3. The minimum Gasteiger partial charge on any atom is -0.436 e. The van der Waals surface area contributed by atoms with Crippen molar-refractivity contribution in [3.8, 4) is 33.7 Å². The first kappa shape index (κ1) is 31.0. The van der Waals surface area contributed by atoms with E-state index in [2.05, 4.69) is 157 Å². The van der Waals surface area contributed by atoms with E-state index in [9.17, 15) is 0 Å². The Balaban J connectivity index is 1.02. The molecule has 0 saturated carbocycles. The predicted molar refractivity (Wildman–Crippen MR) is 231 cm³/mol. The number of rotatable bonds is 6. The van der Waals surface area contributed by atoms with Crippen LogP contribution >= 0.6 is 22.7 Å². The minimum absolute atomic E-state index is 0.651. The maximum atomic E-state index is 6.25. The smallest absolute Gasteiger partial charge is 0.227 e. The van der Waals surface area contributed by atoms with Crippen molar-refractivity contribution in [3.63, 3.8) is 0 Å². The molecule has 0 unspecified atom stereocenters. The molecule has 3 aromatic heterocycles. The molecule has 0 aliphatic carbocycles. The number of oxazole rings is 1. The van der Waals surface area contributed by atoms with Crippen molar-refractivity contribution >= 4 is 91.2 Å². The zero-order valence-electron chi connectivity index (χ0n) is 28.9. The van der Waals surface area contributed by atoms with Gasteiger partial charge in [0, 0.05) is 63.3 Å². The lowest BCUT2D eigenvalue weighted by atomic mass is 10.0. The Bertz CT molecular complexity index is 3140. The summed E-state index contributed by atoms with van der Waals surface area (Å²) in [4.78, 5) is 7.27. The quantitative estimate of drug-likeness (QED) is 0.171. The maximum Gasteiger partial charge on any atom is 0.227 e. The van der Waals surface area contributed by atoms with Crippen molar-refractivity contribution in [3.05, 3.63) is 182 Å². The van der Waals surface area contributed by atoms with Gasteiger partial charge in [-0.05, 0) is 82.9 Å². The highest BCUT2D eigenvalue weighted by Crippen LogP contribution is 2.46. The summed E-state index contributed by atoms with van der Waals surface area (Å²) in [6, 6.07) is 65.1. The second-order valence-electron chi connectivity index (χ2n) is 13.5. The molecule has 11 aromatic rings. The van der Waals surface area contributed by atoms with Crippen LogP contribution in [0.4, 0.5) is 17.1 Å². The van der Waals surface area contributed by atoms with Crippen LogP contribution in [0, 0.1) is 0 Å². The Morgan fingerprint density at radius 3 is 1.85 bits per heavy atom. The Morgan fingerprint density at radius 1 is 0.444 bits per heavy atom. The Morgan fingerprint density at radius 2 is 1.07 bits per heavy atom. The Labute approximate surface area is 319 Å². The van der Waals surface area contributed by atoms with E-state index in [0.29, 0.717) is 5.89 Å². The molecule has 3 nitrogen and oxygen atoms in total. The van der Waals surface area contributed by atoms with Crippen LogP contribution < -0.4 is 4.90 Å². The lowest BCUT2D eigenvalue weighted by Crippen LogP contribution is -2.10. The average Bonchev–Trinajstić information content (AvgIpc) is 3.94. The molecular formula is C49H30N2OS2. The molecule has 0 radical (unpaired) electrons. The highest BCUT2D eigenvalue weighted by atomic mass is 32.1. The van der Waals surface area contributed by atoms with Crippen molar-refractivity contribution in [2.75, 3.05) is 4.90 Å². The second kappa shape index (κ2) is 12.6. The fourth-order valence-electron chi connectivity index (χ4n) is 7.74. The van der Waals surface area contributed by atoms with Crippen LogP contribution in [0.25, 0.3) is 85.2 Å². The van der Waals surface area contributed by atoms with Gasteiger partial charge in [-0.2, -0.15) is 0 Å².